The van der Waals surface area contributed by atoms with Gasteiger partial charge in [-0.3, -0.25) is 9.59 Å². The van der Waals surface area contributed by atoms with Crippen LogP contribution in [0.2, 0.25) is 0 Å². The fourth-order valence-corrected chi connectivity index (χ4v) is 9.98. The van der Waals surface area contributed by atoms with Gasteiger partial charge in [-0.1, -0.05) is 307 Å². The molecule has 0 aliphatic carbocycles. The molecule has 0 aromatic rings. The largest absolute Gasteiger partial charge is 0.466 e. The number of nitrogens with one attached hydrogen (secondary N) is 1. The monoisotopic (exact) mass is 1010 g/mol. The van der Waals surface area contributed by atoms with Crippen molar-refractivity contribution in [3.8, 4) is 0 Å². The lowest BCUT2D eigenvalue weighted by Gasteiger charge is -2.20. The molecular formula is C66H125NO5. The van der Waals surface area contributed by atoms with Crippen LogP contribution in [-0.2, 0) is 14.3 Å². The number of aliphatic hydroxyl groups is 2. The molecule has 0 aliphatic rings. The molecule has 0 saturated carbocycles. The molecule has 6 nitrogen and oxygen atoms in total. The van der Waals surface area contributed by atoms with Crippen molar-refractivity contribution in [3.05, 3.63) is 36.5 Å². The van der Waals surface area contributed by atoms with Crippen molar-refractivity contribution in [1.29, 1.82) is 0 Å². The predicted octanol–water partition coefficient (Wildman–Crippen LogP) is 20.4. The molecule has 0 saturated heterocycles. The van der Waals surface area contributed by atoms with Gasteiger partial charge in [0.2, 0.25) is 5.91 Å². The summed E-state index contributed by atoms with van der Waals surface area (Å²) in [7, 11) is 0. The Balaban J connectivity index is 3.49. The molecule has 2 atom stereocenters. The van der Waals surface area contributed by atoms with E-state index in [0.717, 1.165) is 77.0 Å². The number of amides is 1. The van der Waals surface area contributed by atoms with E-state index in [2.05, 4.69) is 43.5 Å². The molecular weight excluding hydrogens is 887 g/mol. The maximum atomic E-state index is 12.5. The van der Waals surface area contributed by atoms with Gasteiger partial charge >= 0.3 is 5.97 Å². The number of aliphatic hydroxyl groups excluding tert-OH is 2. The summed E-state index contributed by atoms with van der Waals surface area (Å²) in [5, 5.41) is 23.2. The van der Waals surface area contributed by atoms with Crippen molar-refractivity contribution in [2.45, 2.75) is 360 Å². The van der Waals surface area contributed by atoms with Gasteiger partial charge in [-0.25, -0.2) is 0 Å². The molecule has 0 heterocycles. The number of carbonyl (C=O) groups excluding carboxylic acids is 2. The highest BCUT2D eigenvalue weighted by Gasteiger charge is 2.18. The molecule has 0 fully saturated rings. The number of hydrogen-bond donors (Lipinski definition) is 3. The fraction of sp³-hybridized carbons (Fsp3) is 0.879. The topological polar surface area (TPSA) is 95.9 Å². The van der Waals surface area contributed by atoms with Crippen molar-refractivity contribution in [2.75, 3.05) is 13.2 Å². The molecule has 1 amide bonds. The van der Waals surface area contributed by atoms with Crippen molar-refractivity contribution < 1.29 is 24.5 Å². The van der Waals surface area contributed by atoms with Gasteiger partial charge in [-0.05, 0) is 64.2 Å². The second-order valence-corrected chi connectivity index (χ2v) is 22.1. The van der Waals surface area contributed by atoms with E-state index in [1.807, 2.05) is 6.08 Å². The van der Waals surface area contributed by atoms with Gasteiger partial charge in [0.05, 0.1) is 25.4 Å². The van der Waals surface area contributed by atoms with E-state index < -0.39 is 12.1 Å². The maximum absolute atomic E-state index is 12.5. The van der Waals surface area contributed by atoms with Gasteiger partial charge < -0.3 is 20.3 Å². The second-order valence-electron chi connectivity index (χ2n) is 22.1. The lowest BCUT2D eigenvalue weighted by Crippen LogP contribution is -2.45. The smallest absolute Gasteiger partial charge is 0.305 e. The molecule has 0 aromatic heterocycles. The molecule has 424 valence electrons. The van der Waals surface area contributed by atoms with E-state index in [4.69, 9.17) is 4.74 Å². The molecule has 6 heteroatoms. The van der Waals surface area contributed by atoms with Gasteiger partial charge in [0.1, 0.15) is 0 Å². The molecule has 72 heavy (non-hydrogen) atoms. The lowest BCUT2D eigenvalue weighted by atomic mass is 10.0. The Morgan fingerprint density at radius 2 is 0.681 bits per heavy atom. The number of esters is 1. The van der Waals surface area contributed by atoms with E-state index in [1.165, 1.54) is 244 Å². The highest BCUT2D eigenvalue weighted by atomic mass is 16.5. The van der Waals surface area contributed by atoms with Crippen LogP contribution in [-0.4, -0.2) is 47.4 Å². The van der Waals surface area contributed by atoms with Crippen molar-refractivity contribution in [2.24, 2.45) is 0 Å². The summed E-state index contributed by atoms with van der Waals surface area (Å²) in [6, 6.07) is -0.637. The number of rotatable bonds is 60. The van der Waals surface area contributed by atoms with Gasteiger partial charge in [0.15, 0.2) is 0 Å². The summed E-state index contributed by atoms with van der Waals surface area (Å²) in [5.74, 6) is -0.0855. The number of allylic oxidation sites excluding steroid dienone is 5. The first kappa shape index (κ1) is 70.1. The Bertz CT molecular complexity index is 1170. The van der Waals surface area contributed by atoms with E-state index in [9.17, 15) is 19.8 Å². The predicted molar refractivity (Wildman–Crippen MR) is 315 cm³/mol. The summed E-state index contributed by atoms with van der Waals surface area (Å²) in [4.78, 5) is 24.6. The van der Waals surface area contributed by atoms with Crippen LogP contribution in [0.15, 0.2) is 36.5 Å². The average Bonchev–Trinajstić information content (AvgIpc) is 3.38. The van der Waals surface area contributed by atoms with E-state index in [-0.39, 0.29) is 18.5 Å². The number of hydrogen-bond acceptors (Lipinski definition) is 5. The maximum Gasteiger partial charge on any atom is 0.305 e. The third-order valence-electron chi connectivity index (χ3n) is 14.9. The Hall–Kier alpha value is -1.92. The Labute approximate surface area is 449 Å². The average molecular weight is 1010 g/mol. The van der Waals surface area contributed by atoms with Gasteiger partial charge in [0, 0.05) is 12.8 Å². The minimum Gasteiger partial charge on any atom is -0.466 e. The van der Waals surface area contributed by atoms with E-state index >= 15 is 0 Å². The van der Waals surface area contributed by atoms with Crippen LogP contribution in [0.4, 0.5) is 0 Å². The third kappa shape index (κ3) is 57.4. The first-order valence-corrected chi connectivity index (χ1v) is 32.3. The molecule has 0 spiro atoms. The van der Waals surface area contributed by atoms with Gasteiger partial charge in [0.25, 0.3) is 0 Å². The summed E-state index contributed by atoms with van der Waals surface area (Å²) in [6.07, 6.45) is 77.6. The van der Waals surface area contributed by atoms with Crippen molar-refractivity contribution in [3.63, 3.8) is 0 Å². The van der Waals surface area contributed by atoms with Crippen LogP contribution < -0.4 is 5.32 Å². The zero-order valence-electron chi connectivity index (χ0n) is 48.4. The molecule has 0 aromatic carbocycles. The highest BCUT2D eigenvalue weighted by Crippen LogP contribution is 2.18. The minimum atomic E-state index is -0.852. The molecule has 0 rings (SSSR count). The summed E-state index contributed by atoms with van der Waals surface area (Å²) >= 11 is 0. The van der Waals surface area contributed by atoms with Crippen LogP contribution in [0, 0.1) is 0 Å². The second kappa shape index (κ2) is 61.6. The van der Waals surface area contributed by atoms with Gasteiger partial charge in [-0.15, -0.1) is 0 Å². The quantitative estimate of drug-likeness (QED) is 0.0244. The number of unbranched alkanes of at least 4 members (excludes halogenated alkanes) is 46. The highest BCUT2D eigenvalue weighted by molar-refractivity contribution is 5.76. The number of ether oxygens (including phenoxy) is 1. The molecule has 2 unspecified atom stereocenters. The van der Waals surface area contributed by atoms with Crippen LogP contribution in [0.25, 0.3) is 0 Å². The van der Waals surface area contributed by atoms with Crippen molar-refractivity contribution >= 4 is 11.9 Å². The number of carbonyl (C=O) groups is 2. The normalized spacial score (nSPS) is 12.8. The zero-order chi connectivity index (χ0) is 52.2. The SMILES string of the molecule is CCCCCCCCCCCCCCCCCCCC/C=C/C(O)C(CO)NC(=O)CCCCCCCCCCCC/C=C\C=C/CCCCCOC(=O)CCCCCCCCCCCCCCCCCC. The molecule has 3 N–H and O–H groups in total. The Morgan fingerprint density at radius 3 is 1.03 bits per heavy atom. The van der Waals surface area contributed by atoms with E-state index in [1.54, 1.807) is 6.08 Å². The summed E-state index contributed by atoms with van der Waals surface area (Å²) in [6.45, 7) is 4.89. The van der Waals surface area contributed by atoms with Crippen LogP contribution in [0.1, 0.15) is 348 Å². The Morgan fingerprint density at radius 1 is 0.389 bits per heavy atom. The first-order chi connectivity index (χ1) is 35.5. The Kier molecular flexibility index (Phi) is 60.0. The molecule has 0 radical (unpaired) electrons. The first-order valence-electron chi connectivity index (χ1n) is 32.3. The van der Waals surface area contributed by atoms with Crippen LogP contribution >= 0.6 is 0 Å². The third-order valence-corrected chi connectivity index (χ3v) is 14.9. The zero-order valence-corrected chi connectivity index (χ0v) is 48.4. The summed E-state index contributed by atoms with van der Waals surface area (Å²) < 4.78 is 5.47. The lowest BCUT2D eigenvalue weighted by molar-refractivity contribution is -0.143. The summed E-state index contributed by atoms with van der Waals surface area (Å²) in [5.41, 5.74) is 0. The van der Waals surface area contributed by atoms with Gasteiger partial charge in [-0.2, -0.15) is 0 Å². The van der Waals surface area contributed by atoms with Crippen LogP contribution in [0.5, 0.6) is 0 Å². The van der Waals surface area contributed by atoms with E-state index in [0.29, 0.717) is 19.4 Å². The standard InChI is InChI=1S/C66H125NO5/c1-3-5-7-9-11-13-15-17-19-21-22-24-27-30-34-38-42-46-50-54-58-64(69)63(62-68)67-65(70)59-55-51-47-43-39-35-31-28-25-23-26-29-33-37-41-45-49-53-57-61-72-66(71)60-56-52-48-44-40-36-32-20-18-16-14-12-10-8-6-4-2/h29,33,37,41,54,58,63-64,68-69H,3-28,30-32,34-36,38-40,42-53,55-57,59-62H2,1-2H3,(H,67,70)/b33-29-,41-37-,58-54+. The fourth-order valence-electron chi connectivity index (χ4n) is 9.98. The molecule has 0 bridgehead atoms. The minimum absolute atomic E-state index is 0.0103. The van der Waals surface area contributed by atoms with Crippen LogP contribution in [0.3, 0.4) is 0 Å². The molecule has 0 aliphatic heterocycles. The van der Waals surface area contributed by atoms with Crippen molar-refractivity contribution in [1.82, 2.24) is 5.32 Å².